The average Bonchev–Trinajstić information content (AvgIpc) is 2.23. The topological polar surface area (TPSA) is 70.2 Å². The highest BCUT2D eigenvalue weighted by Crippen LogP contribution is 2.16. The number of aromatic nitrogens is 1. The van der Waals surface area contributed by atoms with Crippen molar-refractivity contribution in [3.8, 4) is 0 Å². The summed E-state index contributed by atoms with van der Waals surface area (Å²) in [5.41, 5.74) is 2.06. The molecule has 0 spiro atoms. The molecule has 1 heterocycles. The highest BCUT2D eigenvalue weighted by atomic mass is 16.4. The molecule has 0 radical (unpaired) electrons. The van der Waals surface area contributed by atoms with Crippen LogP contribution in [0, 0.1) is 13.8 Å². The number of aromatic amines is 1. The molecule has 1 aromatic heterocycles. The van der Waals surface area contributed by atoms with Crippen molar-refractivity contribution in [2.45, 2.75) is 13.8 Å². The van der Waals surface area contributed by atoms with Gasteiger partial charge in [-0.15, -0.1) is 0 Å². The van der Waals surface area contributed by atoms with Crippen molar-refractivity contribution in [2.24, 2.45) is 0 Å². The molecule has 0 bridgehead atoms. The lowest BCUT2D eigenvalue weighted by Crippen LogP contribution is -2.15. The largest absolute Gasteiger partial charge is 0.477 e. The fourth-order valence-electron chi connectivity index (χ4n) is 1.70. The molecular formula is C12H11NO3. The Bertz CT molecular complexity index is 640. The Kier molecular flexibility index (Phi) is 2.27. The minimum Gasteiger partial charge on any atom is -0.477 e. The molecule has 82 valence electrons. The zero-order valence-electron chi connectivity index (χ0n) is 9.00. The van der Waals surface area contributed by atoms with E-state index in [4.69, 9.17) is 5.11 Å². The Hall–Kier alpha value is -2.10. The molecule has 0 aliphatic heterocycles. The molecule has 4 nitrogen and oxygen atoms in total. The molecule has 0 saturated heterocycles. The maximum Gasteiger partial charge on any atom is 0.341 e. The molecule has 2 rings (SSSR count). The minimum absolute atomic E-state index is 0.226. The maximum absolute atomic E-state index is 11.8. The van der Waals surface area contributed by atoms with Gasteiger partial charge >= 0.3 is 5.97 Å². The Labute approximate surface area is 91.5 Å². The summed E-state index contributed by atoms with van der Waals surface area (Å²) < 4.78 is 0. The monoisotopic (exact) mass is 217 g/mol. The van der Waals surface area contributed by atoms with E-state index in [1.165, 1.54) is 6.20 Å². The summed E-state index contributed by atoms with van der Waals surface area (Å²) in [6.07, 6.45) is 1.25. The van der Waals surface area contributed by atoms with Gasteiger partial charge in [0.2, 0.25) is 5.43 Å². The van der Waals surface area contributed by atoms with Crippen molar-refractivity contribution in [2.75, 3.05) is 0 Å². The van der Waals surface area contributed by atoms with Gasteiger partial charge in [-0.3, -0.25) is 4.79 Å². The lowest BCUT2D eigenvalue weighted by Gasteiger charge is -2.05. The second-order valence-corrected chi connectivity index (χ2v) is 3.77. The molecule has 1 aromatic carbocycles. The van der Waals surface area contributed by atoms with Crippen molar-refractivity contribution < 1.29 is 9.90 Å². The first-order chi connectivity index (χ1) is 7.52. The number of benzene rings is 1. The molecule has 0 fully saturated rings. The molecule has 0 aliphatic carbocycles. The van der Waals surface area contributed by atoms with Crippen molar-refractivity contribution >= 4 is 16.9 Å². The normalized spacial score (nSPS) is 10.6. The van der Waals surface area contributed by atoms with Gasteiger partial charge in [0, 0.05) is 11.6 Å². The molecule has 0 amide bonds. The SMILES string of the molecule is Cc1ccc2c(=O)c(C(=O)O)c[nH]c2c1C. The van der Waals surface area contributed by atoms with Crippen LogP contribution in [0.2, 0.25) is 0 Å². The number of aryl methyl sites for hydroxylation is 2. The van der Waals surface area contributed by atoms with E-state index < -0.39 is 11.4 Å². The smallest absolute Gasteiger partial charge is 0.341 e. The molecule has 0 saturated carbocycles. The van der Waals surface area contributed by atoms with E-state index in [9.17, 15) is 9.59 Å². The molecule has 0 aliphatic rings. The van der Waals surface area contributed by atoms with E-state index in [1.54, 1.807) is 6.07 Å². The number of aromatic carboxylic acids is 1. The van der Waals surface area contributed by atoms with Gasteiger partial charge in [-0.1, -0.05) is 6.07 Å². The van der Waals surface area contributed by atoms with Crippen molar-refractivity contribution in [3.05, 3.63) is 45.2 Å². The summed E-state index contributed by atoms with van der Waals surface area (Å²) in [4.78, 5) is 25.5. The van der Waals surface area contributed by atoms with Crippen LogP contribution in [0.15, 0.2) is 23.1 Å². The Morgan fingerprint density at radius 1 is 1.31 bits per heavy atom. The van der Waals surface area contributed by atoms with Crippen molar-refractivity contribution in [3.63, 3.8) is 0 Å². The van der Waals surface area contributed by atoms with Crippen LogP contribution in [0.3, 0.4) is 0 Å². The van der Waals surface area contributed by atoms with E-state index >= 15 is 0 Å². The Morgan fingerprint density at radius 2 is 2.00 bits per heavy atom. The molecule has 2 aromatic rings. The van der Waals surface area contributed by atoms with Crippen LogP contribution in [-0.4, -0.2) is 16.1 Å². The number of pyridine rings is 1. The molecule has 16 heavy (non-hydrogen) atoms. The summed E-state index contributed by atoms with van der Waals surface area (Å²) >= 11 is 0. The van der Waals surface area contributed by atoms with Crippen molar-refractivity contribution in [1.82, 2.24) is 4.98 Å². The third-order valence-electron chi connectivity index (χ3n) is 2.82. The first kappa shape index (κ1) is 10.4. The summed E-state index contributed by atoms with van der Waals surface area (Å²) in [5.74, 6) is -1.21. The lowest BCUT2D eigenvalue weighted by molar-refractivity contribution is 0.0695. The lowest BCUT2D eigenvalue weighted by atomic mass is 10.0. The van der Waals surface area contributed by atoms with Gasteiger partial charge < -0.3 is 10.1 Å². The first-order valence-electron chi connectivity index (χ1n) is 4.87. The van der Waals surface area contributed by atoms with Gasteiger partial charge in [-0.25, -0.2) is 4.79 Å². The van der Waals surface area contributed by atoms with Crippen LogP contribution >= 0.6 is 0 Å². The summed E-state index contributed by atoms with van der Waals surface area (Å²) in [6, 6.07) is 3.47. The Balaban J connectivity index is 2.93. The summed E-state index contributed by atoms with van der Waals surface area (Å²) in [5, 5.41) is 9.25. The zero-order chi connectivity index (χ0) is 11.9. The minimum atomic E-state index is -1.21. The third kappa shape index (κ3) is 1.39. The van der Waals surface area contributed by atoms with Crippen LogP contribution in [0.4, 0.5) is 0 Å². The second kappa shape index (κ2) is 3.48. The fourth-order valence-corrected chi connectivity index (χ4v) is 1.70. The number of hydrogen-bond donors (Lipinski definition) is 2. The number of rotatable bonds is 1. The number of H-pyrrole nitrogens is 1. The fraction of sp³-hybridized carbons (Fsp3) is 0.167. The highest BCUT2D eigenvalue weighted by Gasteiger charge is 2.12. The zero-order valence-corrected chi connectivity index (χ0v) is 9.00. The Morgan fingerprint density at radius 3 is 2.62 bits per heavy atom. The molecule has 0 atom stereocenters. The summed E-state index contributed by atoms with van der Waals surface area (Å²) in [6.45, 7) is 3.84. The van der Waals surface area contributed by atoms with Crippen molar-refractivity contribution in [1.29, 1.82) is 0 Å². The number of nitrogens with one attached hydrogen (secondary N) is 1. The summed E-state index contributed by atoms with van der Waals surface area (Å²) in [7, 11) is 0. The van der Waals surface area contributed by atoms with Gasteiger partial charge in [0.05, 0.1) is 5.52 Å². The van der Waals surface area contributed by atoms with E-state index in [2.05, 4.69) is 4.98 Å². The van der Waals surface area contributed by atoms with E-state index in [0.29, 0.717) is 10.9 Å². The molecular weight excluding hydrogens is 206 g/mol. The number of carboxylic acid groups (broad SMARTS) is 1. The molecule has 4 heteroatoms. The van der Waals surface area contributed by atoms with E-state index in [1.807, 2.05) is 19.9 Å². The number of hydrogen-bond acceptors (Lipinski definition) is 2. The number of fused-ring (bicyclic) bond motifs is 1. The quantitative estimate of drug-likeness (QED) is 0.765. The van der Waals surface area contributed by atoms with Crippen LogP contribution in [0.5, 0.6) is 0 Å². The van der Waals surface area contributed by atoms with E-state index in [-0.39, 0.29) is 5.56 Å². The third-order valence-corrected chi connectivity index (χ3v) is 2.82. The van der Waals surface area contributed by atoms with Gasteiger partial charge in [0.15, 0.2) is 0 Å². The van der Waals surface area contributed by atoms with Gasteiger partial charge in [0.1, 0.15) is 5.56 Å². The maximum atomic E-state index is 11.8. The van der Waals surface area contributed by atoms with Gasteiger partial charge in [0.25, 0.3) is 0 Å². The predicted molar refractivity (Wildman–Crippen MR) is 61.0 cm³/mol. The van der Waals surface area contributed by atoms with Crippen LogP contribution in [0.25, 0.3) is 10.9 Å². The highest BCUT2D eigenvalue weighted by molar-refractivity contribution is 5.93. The standard InChI is InChI=1S/C12H11NO3/c1-6-3-4-8-10(7(6)2)13-5-9(11(8)14)12(15)16/h3-5H,1-2H3,(H,13,14)(H,15,16). The molecule has 0 unspecified atom stereocenters. The number of carbonyl (C=O) groups is 1. The van der Waals surface area contributed by atoms with Crippen LogP contribution in [-0.2, 0) is 0 Å². The van der Waals surface area contributed by atoms with E-state index in [0.717, 1.165) is 11.1 Å². The van der Waals surface area contributed by atoms with Crippen LogP contribution in [0.1, 0.15) is 21.5 Å². The second-order valence-electron chi connectivity index (χ2n) is 3.77. The predicted octanol–water partition coefficient (Wildman–Crippen LogP) is 1.84. The average molecular weight is 217 g/mol. The number of carboxylic acids is 1. The van der Waals surface area contributed by atoms with Gasteiger partial charge in [-0.05, 0) is 31.0 Å². The first-order valence-corrected chi connectivity index (χ1v) is 4.87. The van der Waals surface area contributed by atoms with Gasteiger partial charge in [-0.2, -0.15) is 0 Å². The molecule has 2 N–H and O–H groups in total. The van der Waals surface area contributed by atoms with Crippen LogP contribution < -0.4 is 5.43 Å².